The molecule has 1 aliphatic rings. The van der Waals surface area contributed by atoms with Crippen LogP contribution in [-0.4, -0.2) is 55.7 Å². The zero-order valence-electron chi connectivity index (χ0n) is 20.6. The minimum Gasteiger partial charge on any atom is -0.489 e. The van der Waals surface area contributed by atoms with Gasteiger partial charge < -0.3 is 9.64 Å². The molecule has 1 N–H and O–H groups in total. The molecule has 0 radical (unpaired) electrons. The van der Waals surface area contributed by atoms with Gasteiger partial charge in [-0.1, -0.05) is 23.7 Å². The molecule has 0 atom stereocenters. The first-order valence-corrected chi connectivity index (χ1v) is 14.6. The molecule has 1 fully saturated rings. The second-order valence-electron chi connectivity index (χ2n) is 9.12. The van der Waals surface area contributed by atoms with Gasteiger partial charge in [-0.05, 0) is 42.7 Å². The minimum atomic E-state index is -4.54. The van der Waals surface area contributed by atoms with Crippen LogP contribution >= 0.6 is 23.2 Å². The number of anilines is 2. The molecule has 3 aromatic rings. The van der Waals surface area contributed by atoms with Crippen LogP contribution < -0.4 is 14.4 Å². The van der Waals surface area contributed by atoms with Gasteiger partial charge in [-0.3, -0.25) is 4.68 Å². The number of alkyl halides is 4. The second-order valence-corrected chi connectivity index (χ2v) is 11.7. The molecule has 1 aliphatic carbocycles. The van der Waals surface area contributed by atoms with Gasteiger partial charge in [-0.2, -0.15) is 23.5 Å². The van der Waals surface area contributed by atoms with Gasteiger partial charge in [0.2, 0.25) is 10.0 Å². The first-order chi connectivity index (χ1) is 18.4. The topological polar surface area (TPSA) is 100 Å². The van der Waals surface area contributed by atoms with Crippen molar-refractivity contribution in [1.29, 1.82) is 5.26 Å². The van der Waals surface area contributed by atoms with Gasteiger partial charge in [0.25, 0.3) is 0 Å². The molecular weight excluding hydrogens is 578 g/mol. The molecule has 208 valence electrons. The quantitative estimate of drug-likeness (QED) is 0.302. The van der Waals surface area contributed by atoms with E-state index in [1.54, 1.807) is 35.1 Å². The Balaban J connectivity index is 1.56. The first kappa shape index (κ1) is 29.0. The lowest BCUT2D eigenvalue weighted by molar-refractivity contribution is -0.118. The molecule has 0 saturated heterocycles. The molecule has 1 heterocycles. The summed E-state index contributed by atoms with van der Waals surface area (Å²) in [7, 11) is -3.27. The minimum absolute atomic E-state index is 0.00431. The summed E-state index contributed by atoms with van der Waals surface area (Å²) in [5, 5.41) is 13.9. The molecule has 14 heteroatoms. The number of sulfonamides is 1. The fourth-order valence-electron chi connectivity index (χ4n) is 4.34. The molecule has 0 bridgehead atoms. The summed E-state index contributed by atoms with van der Waals surface area (Å²) < 4.78 is 73.2. The van der Waals surface area contributed by atoms with Crippen molar-refractivity contribution in [3.05, 3.63) is 59.4 Å². The maximum atomic E-state index is 13.6. The highest BCUT2D eigenvalue weighted by atomic mass is 35.5. The van der Waals surface area contributed by atoms with Crippen molar-refractivity contribution >= 4 is 44.6 Å². The van der Waals surface area contributed by atoms with Crippen LogP contribution in [0.4, 0.5) is 24.5 Å². The van der Waals surface area contributed by atoms with Crippen molar-refractivity contribution in [2.24, 2.45) is 0 Å². The Bertz CT molecular complexity index is 1470. The smallest absolute Gasteiger partial charge is 0.406 e. The van der Waals surface area contributed by atoms with Crippen LogP contribution in [0.5, 0.6) is 5.75 Å². The van der Waals surface area contributed by atoms with Gasteiger partial charge in [-0.15, -0.1) is 11.6 Å². The van der Waals surface area contributed by atoms with E-state index in [4.69, 9.17) is 27.9 Å². The largest absolute Gasteiger partial charge is 0.489 e. The number of ether oxygens (including phenoxy) is 1. The number of nitrogens with one attached hydrogen (secondary N) is 1. The van der Waals surface area contributed by atoms with E-state index in [1.807, 2.05) is 12.3 Å². The van der Waals surface area contributed by atoms with Gasteiger partial charge in [0.05, 0.1) is 35.0 Å². The third-order valence-electron chi connectivity index (χ3n) is 6.10. The summed E-state index contributed by atoms with van der Waals surface area (Å²) in [5.74, 6) is 0.212. The molecule has 39 heavy (non-hydrogen) atoms. The molecule has 1 aromatic heterocycles. The number of nitrogens with zero attached hydrogens (tertiary/aromatic N) is 4. The Labute approximate surface area is 233 Å². The number of halogens is 5. The van der Waals surface area contributed by atoms with Gasteiger partial charge in [0.15, 0.2) is 5.75 Å². The summed E-state index contributed by atoms with van der Waals surface area (Å²) in [6.45, 7) is -1.23. The first-order valence-electron chi connectivity index (χ1n) is 11.8. The van der Waals surface area contributed by atoms with Crippen molar-refractivity contribution < 1.29 is 26.3 Å². The van der Waals surface area contributed by atoms with Crippen LogP contribution in [0.3, 0.4) is 0 Å². The van der Waals surface area contributed by atoms with Crippen molar-refractivity contribution in [3.8, 4) is 22.9 Å². The lowest BCUT2D eigenvalue weighted by Gasteiger charge is -2.35. The van der Waals surface area contributed by atoms with E-state index >= 15 is 0 Å². The molecule has 0 aliphatic heterocycles. The predicted octanol–water partition coefficient (Wildman–Crippen LogP) is 5.65. The van der Waals surface area contributed by atoms with E-state index in [9.17, 15) is 26.9 Å². The number of nitriles is 1. The van der Waals surface area contributed by atoms with Crippen LogP contribution in [0.1, 0.15) is 24.4 Å². The Hall–Kier alpha value is -2.98. The molecule has 4 rings (SSSR count). The monoisotopic (exact) mass is 601 g/mol. The standard InChI is InChI=1S/C25H24Cl2F3N5O3S/c1-39(36,37)33-19-9-22(10-19)35-14-18(13-32-35)16-2-4-20(5-3-16)34(15-25(28,29)30)21-8-17(12-31)24(23(27)11-21)38-7-6-26/h2-5,8,11,13-14,19,22,33H,6-7,9-10,15H2,1H3. The Morgan fingerprint density at radius 3 is 2.49 bits per heavy atom. The fraction of sp³-hybridized carbons (Fsp3) is 0.360. The van der Waals surface area contributed by atoms with Crippen LogP contribution in [0.2, 0.25) is 5.02 Å². The fourth-order valence-corrected chi connectivity index (χ4v) is 5.48. The summed E-state index contributed by atoms with van der Waals surface area (Å²) in [6, 6.07) is 10.9. The zero-order chi connectivity index (χ0) is 28.4. The maximum Gasteiger partial charge on any atom is 0.406 e. The molecule has 8 nitrogen and oxygen atoms in total. The highest BCUT2D eigenvalue weighted by Gasteiger charge is 2.34. The van der Waals surface area contributed by atoms with Crippen molar-refractivity contribution in [3.63, 3.8) is 0 Å². The normalized spacial score (nSPS) is 17.4. The highest BCUT2D eigenvalue weighted by Crippen LogP contribution is 2.38. The van der Waals surface area contributed by atoms with E-state index in [0.717, 1.165) is 22.3 Å². The van der Waals surface area contributed by atoms with Crippen LogP contribution in [0.25, 0.3) is 11.1 Å². The Morgan fingerprint density at radius 2 is 1.90 bits per heavy atom. The summed E-state index contributed by atoms with van der Waals surface area (Å²) in [6.07, 6.45) is 1.28. The lowest BCUT2D eigenvalue weighted by atomic mass is 9.88. The average Bonchev–Trinajstić information content (AvgIpc) is 3.32. The Kier molecular flexibility index (Phi) is 8.66. The Morgan fingerprint density at radius 1 is 1.21 bits per heavy atom. The van der Waals surface area contributed by atoms with E-state index in [1.165, 1.54) is 12.1 Å². The van der Waals surface area contributed by atoms with Crippen molar-refractivity contribution in [1.82, 2.24) is 14.5 Å². The number of benzene rings is 2. The molecule has 0 amide bonds. The molecule has 2 aromatic carbocycles. The van der Waals surface area contributed by atoms with E-state index in [2.05, 4.69) is 9.82 Å². The highest BCUT2D eigenvalue weighted by molar-refractivity contribution is 7.88. The maximum absolute atomic E-state index is 13.6. The molecule has 1 saturated carbocycles. The van der Waals surface area contributed by atoms with Crippen molar-refractivity contribution in [2.45, 2.75) is 31.1 Å². The second kappa shape index (κ2) is 11.6. The predicted molar refractivity (Wildman–Crippen MR) is 143 cm³/mol. The summed E-state index contributed by atoms with van der Waals surface area (Å²) in [4.78, 5) is 1.02. The van der Waals surface area contributed by atoms with Crippen molar-refractivity contribution in [2.75, 3.05) is 30.2 Å². The number of rotatable bonds is 10. The number of hydrogen-bond acceptors (Lipinski definition) is 6. The SMILES string of the molecule is CS(=O)(=O)NC1CC(n2cc(-c3ccc(N(CC(F)(F)F)c4cc(Cl)c(OCCCl)c(C#N)c4)cc3)cn2)C1. The average molecular weight is 602 g/mol. The van der Waals surface area contributed by atoms with Gasteiger partial charge >= 0.3 is 6.18 Å². The molecule has 0 unspecified atom stereocenters. The third-order valence-corrected chi connectivity index (χ3v) is 7.30. The van der Waals surface area contributed by atoms with Gasteiger partial charge in [-0.25, -0.2) is 13.1 Å². The van der Waals surface area contributed by atoms with E-state index < -0.39 is 22.7 Å². The number of hydrogen-bond donors (Lipinski definition) is 1. The van der Waals surface area contributed by atoms with Crippen LogP contribution in [0.15, 0.2) is 48.8 Å². The number of aromatic nitrogens is 2. The third kappa shape index (κ3) is 7.36. The van der Waals surface area contributed by atoms with Crippen LogP contribution in [-0.2, 0) is 10.0 Å². The van der Waals surface area contributed by atoms with E-state index in [0.29, 0.717) is 12.8 Å². The zero-order valence-corrected chi connectivity index (χ0v) is 22.9. The summed E-state index contributed by atoms with van der Waals surface area (Å²) in [5.41, 5.74) is 1.81. The summed E-state index contributed by atoms with van der Waals surface area (Å²) >= 11 is 11.9. The van der Waals surface area contributed by atoms with Crippen LogP contribution in [0, 0.1) is 11.3 Å². The van der Waals surface area contributed by atoms with Gasteiger partial charge in [0.1, 0.15) is 19.2 Å². The van der Waals surface area contributed by atoms with E-state index in [-0.39, 0.29) is 52.3 Å². The molecule has 0 spiro atoms. The molecular formula is C25H24Cl2F3N5O3S. The lowest BCUT2D eigenvalue weighted by Crippen LogP contribution is -2.44. The van der Waals surface area contributed by atoms with Gasteiger partial charge in [0, 0.05) is 29.2 Å².